The van der Waals surface area contributed by atoms with Gasteiger partial charge in [0.25, 0.3) is 0 Å². The third-order valence-corrected chi connectivity index (χ3v) is 8.39. The van der Waals surface area contributed by atoms with E-state index in [9.17, 15) is 9.36 Å². The second-order valence-electron chi connectivity index (χ2n) is 9.82. The zero-order chi connectivity index (χ0) is 28.2. The second kappa shape index (κ2) is 12.2. The molecule has 1 fully saturated rings. The number of amides is 1. The predicted octanol–water partition coefficient (Wildman–Crippen LogP) is 4.60. The smallest absolute Gasteiger partial charge is 0.247 e. The molecule has 0 atom stereocenters. The lowest BCUT2D eigenvalue weighted by atomic mass is 10.1. The number of para-hydroxylation sites is 1. The highest BCUT2D eigenvalue weighted by molar-refractivity contribution is 7.70. The topological polar surface area (TPSA) is 99.7 Å². The number of piperazine rings is 1. The minimum Gasteiger partial charge on any atom is -0.496 e. The van der Waals surface area contributed by atoms with Gasteiger partial charge in [-0.3, -0.25) is 4.79 Å². The summed E-state index contributed by atoms with van der Waals surface area (Å²) in [7, 11) is 1.18. The van der Waals surface area contributed by atoms with E-state index in [-0.39, 0.29) is 5.91 Å². The summed E-state index contributed by atoms with van der Waals surface area (Å²) in [4.78, 5) is 25.9. The SMILES string of the molecule is C=CC(=O)Nc1cc(Cc2ncc(Cl)c(Nc3ccccc3P(C)(C)=O)n2)c(OC)cc1N1CCN(C)CC1. The van der Waals surface area contributed by atoms with Crippen molar-refractivity contribution in [2.75, 3.05) is 69.2 Å². The normalized spacial score (nSPS) is 14.1. The van der Waals surface area contributed by atoms with Crippen LogP contribution in [0, 0.1) is 0 Å². The molecule has 1 aromatic heterocycles. The third kappa shape index (κ3) is 6.98. The molecule has 0 radical (unpaired) electrons. The first-order valence-electron chi connectivity index (χ1n) is 12.6. The summed E-state index contributed by atoms with van der Waals surface area (Å²) < 4.78 is 18.6. The highest BCUT2D eigenvalue weighted by Crippen LogP contribution is 2.39. The van der Waals surface area contributed by atoms with Gasteiger partial charge in [-0.05, 0) is 44.7 Å². The van der Waals surface area contributed by atoms with E-state index in [2.05, 4.69) is 44.0 Å². The first-order chi connectivity index (χ1) is 18.6. The number of carbonyl (C=O) groups excluding carboxylic acids is 1. The van der Waals surface area contributed by atoms with Gasteiger partial charge in [0.15, 0.2) is 5.82 Å². The number of methoxy groups -OCH3 is 1. The van der Waals surface area contributed by atoms with Crippen LogP contribution in [0.2, 0.25) is 5.02 Å². The standard InChI is InChI=1S/C28H34ClN6O3P/c1-6-27(36)31-22-15-19(24(38-3)17-23(22)35-13-11-34(2)12-14-35)16-26-30-18-20(29)28(33-26)32-21-9-7-8-10-25(21)39(4,5)37/h6-10,15,17-18H,1,11-14,16H2,2-5H3,(H,31,36)(H,30,32,33). The molecule has 0 aliphatic carbocycles. The van der Waals surface area contributed by atoms with Gasteiger partial charge in [0.2, 0.25) is 5.91 Å². The summed E-state index contributed by atoms with van der Waals surface area (Å²) in [6.07, 6.45) is 3.12. The molecular weight excluding hydrogens is 535 g/mol. The maximum atomic E-state index is 12.8. The van der Waals surface area contributed by atoms with Crippen molar-refractivity contribution in [3.05, 3.63) is 71.7 Å². The number of nitrogens with one attached hydrogen (secondary N) is 2. The van der Waals surface area contributed by atoms with Crippen LogP contribution < -0.4 is 25.6 Å². The number of likely N-dealkylation sites (N-methyl/N-ethyl adjacent to an activating group) is 1. The number of hydrogen-bond acceptors (Lipinski definition) is 8. The molecule has 9 nitrogen and oxygen atoms in total. The lowest BCUT2D eigenvalue weighted by Gasteiger charge is -2.35. The lowest BCUT2D eigenvalue weighted by Crippen LogP contribution is -2.44. The number of hydrogen-bond donors (Lipinski definition) is 2. The van der Waals surface area contributed by atoms with Gasteiger partial charge in [0, 0.05) is 49.5 Å². The Morgan fingerprint density at radius 1 is 1.18 bits per heavy atom. The Hall–Kier alpha value is -3.39. The molecule has 39 heavy (non-hydrogen) atoms. The van der Waals surface area contributed by atoms with Crippen molar-refractivity contribution in [1.82, 2.24) is 14.9 Å². The molecule has 1 amide bonds. The Morgan fingerprint density at radius 2 is 1.90 bits per heavy atom. The minimum atomic E-state index is -2.54. The summed E-state index contributed by atoms with van der Waals surface area (Å²) in [6, 6.07) is 11.3. The highest BCUT2D eigenvalue weighted by atomic mass is 35.5. The fourth-order valence-electron chi connectivity index (χ4n) is 4.46. The van der Waals surface area contributed by atoms with Crippen LogP contribution in [0.25, 0.3) is 0 Å². The minimum absolute atomic E-state index is 0.293. The zero-order valence-corrected chi connectivity index (χ0v) is 24.4. The zero-order valence-electron chi connectivity index (χ0n) is 22.7. The largest absolute Gasteiger partial charge is 0.496 e. The monoisotopic (exact) mass is 568 g/mol. The van der Waals surface area contributed by atoms with Crippen molar-refractivity contribution in [2.45, 2.75) is 6.42 Å². The van der Waals surface area contributed by atoms with Crippen molar-refractivity contribution in [1.29, 1.82) is 0 Å². The number of nitrogens with zero attached hydrogens (tertiary/aromatic N) is 4. The molecule has 3 aromatic rings. The second-order valence-corrected chi connectivity index (χ2v) is 13.4. The van der Waals surface area contributed by atoms with Gasteiger partial charge in [0.05, 0.1) is 30.4 Å². The molecule has 0 spiro atoms. The molecule has 1 aliphatic rings. The van der Waals surface area contributed by atoms with Crippen LogP contribution in [-0.4, -0.2) is 74.4 Å². The molecule has 0 saturated carbocycles. The van der Waals surface area contributed by atoms with Gasteiger partial charge in [-0.15, -0.1) is 0 Å². The van der Waals surface area contributed by atoms with E-state index >= 15 is 0 Å². The van der Waals surface area contributed by atoms with Crippen LogP contribution in [0.15, 0.2) is 55.3 Å². The van der Waals surface area contributed by atoms with Gasteiger partial charge >= 0.3 is 0 Å². The fraction of sp³-hybridized carbons (Fsp3) is 0.321. The van der Waals surface area contributed by atoms with Crippen LogP contribution in [0.1, 0.15) is 11.4 Å². The Kier molecular flexibility index (Phi) is 8.95. The maximum absolute atomic E-state index is 12.8. The van der Waals surface area contributed by atoms with Crippen molar-refractivity contribution in [3.8, 4) is 5.75 Å². The summed E-state index contributed by atoms with van der Waals surface area (Å²) in [6.45, 7) is 10.5. The number of carbonyl (C=O) groups is 1. The molecule has 1 aliphatic heterocycles. The van der Waals surface area contributed by atoms with Crippen molar-refractivity contribution >= 4 is 52.8 Å². The molecule has 0 unspecified atom stereocenters. The van der Waals surface area contributed by atoms with Crippen molar-refractivity contribution < 1.29 is 14.1 Å². The van der Waals surface area contributed by atoms with E-state index in [1.54, 1.807) is 20.4 Å². The number of rotatable bonds is 9. The van der Waals surface area contributed by atoms with E-state index in [1.165, 1.54) is 12.3 Å². The van der Waals surface area contributed by atoms with Crippen LogP contribution in [0.3, 0.4) is 0 Å². The van der Waals surface area contributed by atoms with Gasteiger partial charge in [-0.2, -0.15) is 0 Å². The van der Waals surface area contributed by atoms with E-state index < -0.39 is 7.14 Å². The number of anilines is 4. The Labute approximate surface area is 234 Å². The molecule has 2 N–H and O–H groups in total. The van der Waals surface area contributed by atoms with E-state index in [0.29, 0.717) is 45.5 Å². The summed E-state index contributed by atoms with van der Waals surface area (Å²) in [5.74, 6) is 1.29. The summed E-state index contributed by atoms with van der Waals surface area (Å²) in [5.41, 5.74) is 3.04. The van der Waals surface area contributed by atoms with E-state index in [1.807, 2.05) is 36.4 Å². The highest BCUT2D eigenvalue weighted by Gasteiger charge is 2.22. The number of aromatic nitrogens is 2. The summed E-state index contributed by atoms with van der Waals surface area (Å²) >= 11 is 6.44. The quantitative estimate of drug-likeness (QED) is 0.285. The first-order valence-corrected chi connectivity index (χ1v) is 15.6. The van der Waals surface area contributed by atoms with Crippen LogP contribution in [0.5, 0.6) is 5.75 Å². The van der Waals surface area contributed by atoms with Gasteiger partial charge < -0.3 is 29.7 Å². The van der Waals surface area contributed by atoms with Crippen LogP contribution >= 0.6 is 18.7 Å². The van der Waals surface area contributed by atoms with E-state index in [4.69, 9.17) is 16.3 Å². The molecule has 1 saturated heterocycles. The third-order valence-electron chi connectivity index (χ3n) is 6.57. The first kappa shape index (κ1) is 28.6. The van der Waals surface area contributed by atoms with Crippen LogP contribution in [-0.2, 0) is 15.8 Å². The molecule has 206 valence electrons. The number of benzene rings is 2. The Morgan fingerprint density at radius 3 is 2.56 bits per heavy atom. The van der Waals surface area contributed by atoms with Gasteiger partial charge in [-0.25, -0.2) is 9.97 Å². The maximum Gasteiger partial charge on any atom is 0.247 e. The van der Waals surface area contributed by atoms with Crippen molar-refractivity contribution in [3.63, 3.8) is 0 Å². The van der Waals surface area contributed by atoms with E-state index in [0.717, 1.165) is 37.4 Å². The molecule has 2 aromatic carbocycles. The summed E-state index contributed by atoms with van der Waals surface area (Å²) in [5, 5.41) is 7.24. The average Bonchev–Trinajstić information content (AvgIpc) is 2.91. The molecule has 0 bridgehead atoms. The number of ether oxygens (including phenoxy) is 1. The molecule has 4 rings (SSSR count). The molecule has 11 heteroatoms. The lowest BCUT2D eigenvalue weighted by molar-refractivity contribution is -0.111. The number of halogens is 1. The molecular formula is C28H34ClN6O3P. The fourth-order valence-corrected chi connectivity index (χ4v) is 5.75. The van der Waals surface area contributed by atoms with Gasteiger partial charge in [0.1, 0.15) is 23.7 Å². The Balaban J connectivity index is 1.68. The van der Waals surface area contributed by atoms with Crippen LogP contribution in [0.4, 0.5) is 22.9 Å². The Bertz CT molecular complexity index is 1420. The molecule has 2 heterocycles. The van der Waals surface area contributed by atoms with Crippen molar-refractivity contribution in [2.24, 2.45) is 0 Å². The predicted molar refractivity (Wildman–Crippen MR) is 160 cm³/mol. The average molecular weight is 569 g/mol. The van der Waals surface area contributed by atoms with Gasteiger partial charge in [-0.1, -0.05) is 30.3 Å².